The summed E-state index contributed by atoms with van der Waals surface area (Å²) in [5, 5.41) is 10.1. The van der Waals surface area contributed by atoms with Crippen molar-refractivity contribution in [2.24, 2.45) is 5.92 Å². The minimum Gasteiger partial charge on any atom is -0.493 e. The van der Waals surface area contributed by atoms with E-state index in [-0.39, 0.29) is 6.10 Å². The zero-order chi connectivity index (χ0) is 12.4. The van der Waals surface area contributed by atoms with E-state index in [9.17, 15) is 5.11 Å². The lowest BCUT2D eigenvalue weighted by molar-refractivity contribution is 0.106. The summed E-state index contributed by atoms with van der Waals surface area (Å²) >= 11 is 0. The van der Waals surface area contributed by atoms with Crippen molar-refractivity contribution >= 4 is 0 Å². The highest BCUT2D eigenvalue weighted by Crippen LogP contribution is 2.35. The Morgan fingerprint density at radius 3 is 2.72 bits per heavy atom. The Kier molecular flexibility index (Phi) is 3.55. The molecule has 2 saturated carbocycles. The fourth-order valence-electron chi connectivity index (χ4n) is 2.83. The van der Waals surface area contributed by atoms with Crippen molar-refractivity contribution in [1.29, 1.82) is 0 Å². The van der Waals surface area contributed by atoms with Crippen molar-refractivity contribution in [3.05, 3.63) is 29.8 Å². The fourth-order valence-corrected chi connectivity index (χ4v) is 2.83. The average molecular weight is 246 g/mol. The fraction of sp³-hybridized carbons (Fsp3) is 0.625. The first kappa shape index (κ1) is 12.0. The number of ether oxygens (including phenoxy) is 1. The molecule has 1 aromatic carbocycles. The lowest BCUT2D eigenvalue weighted by Gasteiger charge is -2.28. The zero-order valence-electron chi connectivity index (χ0n) is 10.8. The Bertz CT molecular complexity index is 398. The number of hydrogen-bond acceptors (Lipinski definition) is 2. The molecule has 0 bridgehead atoms. The van der Waals surface area contributed by atoms with Crippen LogP contribution in [-0.2, 0) is 0 Å². The molecule has 1 N–H and O–H groups in total. The third-order valence-corrected chi connectivity index (χ3v) is 4.20. The second-order valence-corrected chi connectivity index (χ2v) is 5.79. The van der Waals surface area contributed by atoms with Gasteiger partial charge in [-0.2, -0.15) is 0 Å². The van der Waals surface area contributed by atoms with Gasteiger partial charge < -0.3 is 9.84 Å². The molecule has 0 amide bonds. The predicted molar refractivity (Wildman–Crippen MR) is 71.9 cm³/mol. The van der Waals surface area contributed by atoms with E-state index in [1.165, 1.54) is 24.8 Å². The molecule has 98 valence electrons. The van der Waals surface area contributed by atoms with Crippen LogP contribution in [0.15, 0.2) is 24.3 Å². The number of hydrogen-bond donors (Lipinski definition) is 1. The molecule has 2 aliphatic rings. The van der Waals surface area contributed by atoms with Gasteiger partial charge in [0, 0.05) is 5.92 Å². The summed E-state index contributed by atoms with van der Waals surface area (Å²) in [7, 11) is 0. The number of rotatable bonds is 4. The highest BCUT2D eigenvalue weighted by molar-refractivity contribution is 5.31. The molecule has 0 aliphatic heterocycles. The summed E-state index contributed by atoms with van der Waals surface area (Å²) in [5.41, 5.74) is 1.25. The molecule has 3 rings (SSSR count). The Morgan fingerprint density at radius 2 is 1.94 bits per heavy atom. The quantitative estimate of drug-likeness (QED) is 0.881. The van der Waals surface area contributed by atoms with Crippen LogP contribution in [0.25, 0.3) is 0 Å². The molecular formula is C16H22O2. The van der Waals surface area contributed by atoms with Crippen LogP contribution in [0.2, 0.25) is 0 Å². The van der Waals surface area contributed by atoms with Crippen LogP contribution < -0.4 is 4.74 Å². The van der Waals surface area contributed by atoms with Gasteiger partial charge in [0.1, 0.15) is 5.75 Å². The zero-order valence-corrected chi connectivity index (χ0v) is 10.8. The van der Waals surface area contributed by atoms with Gasteiger partial charge in [0.05, 0.1) is 12.7 Å². The normalized spacial score (nSPS) is 28.1. The molecule has 2 atom stereocenters. The standard InChI is InChI=1S/C16H22O2/c17-16-7-2-1-6-15(16)13-4-3-5-14(10-13)18-11-12-8-9-12/h3-5,10,12,15-17H,1-2,6-9,11H2. The van der Waals surface area contributed by atoms with Gasteiger partial charge in [-0.3, -0.25) is 0 Å². The van der Waals surface area contributed by atoms with Gasteiger partial charge >= 0.3 is 0 Å². The number of aliphatic hydroxyl groups is 1. The smallest absolute Gasteiger partial charge is 0.119 e. The molecule has 18 heavy (non-hydrogen) atoms. The average Bonchev–Trinajstić information content (AvgIpc) is 3.21. The first-order chi connectivity index (χ1) is 8.83. The SMILES string of the molecule is OC1CCCCC1c1cccc(OCC2CC2)c1. The van der Waals surface area contributed by atoms with E-state index in [2.05, 4.69) is 18.2 Å². The molecule has 1 aromatic rings. The van der Waals surface area contributed by atoms with E-state index in [0.29, 0.717) is 5.92 Å². The second-order valence-electron chi connectivity index (χ2n) is 5.79. The molecule has 0 heterocycles. The van der Waals surface area contributed by atoms with E-state index in [0.717, 1.165) is 37.5 Å². The monoisotopic (exact) mass is 246 g/mol. The molecule has 0 radical (unpaired) electrons. The highest BCUT2D eigenvalue weighted by Gasteiger charge is 2.25. The highest BCUT2D eigenvalue weighted by atomic mass is 16.5. The molecule has 2 nitrogen and oxygen atoms in total. The van der Waals surface area contributed by atoms with E-state index < -0.39 is 0 Å². The third-order valence-electron chi connectivity index (χ3n) is 4.20. The van der Waals surface area contributed by atoms with Crippen LogP contribution in [0.5, 0.6) is 5.75 Å². The number of benzene rings is 1. The summed E-state index contributed by atoms with van der Waals surface area (Å²) in [6, 6.07) is 8.34. The van der Waals surface area contributed by atoms with Gasteiger partial charge in [-0.05, 0) is 49.3 Å². The third kappa shape index (κ3) is 2.86. The van der Waals surface area contributed by atoms with Crippen LogP contribution >= 0.6 is 0 Å². The lowest BCUT2D eigenvalue weighted by atomic mass is 9.82. The summed E-state index contributed by atoms with van der Waals surface area (Å²) in [4.78, 5) is 0. The van der Waals surface area contributed by atoms with E-state index >= 15 is 0 Å². The van der Waals surface area contributed by atoms with Crippen LogP contribution in [0.3, 0.4) is 0 Å². The van der Waals surface area contributed by atoms with Crippen molar-refractivity contribution in [3.63, 3.8) is 0 Å². The second kappa shape index (κ2) is 5.31. The number of aliphatic hydroxyl groups excluding tert-OH is 1. The first-order valence-corrected chi connectivity index (χ1v) is 7.24. The van der Waals surface area contributed by atoms with Crippen LogP contribution in [0.4, 0.5) is 0 Å². The molecular weight excluding hydrogens is 224 g/mol. The Morgan fingerprint density at radius 1 is 1.11 bits per heavy atom. The van der Waals surface area contributed by atoms with Crippen LogP contribution in [0, 0.1) is 5.92 Å². The predicted octanol–water partition coefficient (Wildman–Crippen LogP) is 3.49. The minimum atomic E-state index is -0.169. The van der Waals surface area contributed by atoms with Crippen molar-refractivity contribution in [2.45, 2.75) is 50.5 Å². The first-order valence-electron chi connectivity index (χ1n) is 7.24. The summed E-state index contributed by atoms with van der Waals surface area (Å²) in [6.45, 7) is 0.858. The maximum atomic E-state index is 10.1. The molecule has 0 spiro atoms. The van der Waals surface area contributed by atoms with Crippen molar-refractivity contribution in [3.8, 4) is 5.75 Å². The molecule has 0 saturated heterocycles. The van der Waals surface area contributed by atoms with Crippen molar-refractivity contribution in [2.75, 3.05) is 6.61 Å². The van der Waals surface area contributed by atoms with Gasteiger partial charge in [0.2, 0.25) is 0 Å². The van der Waals surface area contributed by atoms with Gasteiger partial charge in [-0.25, -0.2) is 0 Å². The molecule has 2 aliphatic carbocycles. The molecule has 2 unspecified atom stereocenters. The summed E-state index contributed by atoms with van der Waals surface area (Å²) < 4.78 is 5.82. The Hall–Kier alpha value is -1.02. The maximum absolute atomic E-state index is 10.1. The topological polar surface area (TPSA) is 29.5 Å². The molecule has 0 aromatic heterocycles. The van der Waals surface area contributed by atoms with Crippen LogP contribution in [-0.4, -0.2) is 17.8 Å². The Balaban J connectivity index is 1.68. The summed E-state index contributed by atoms with van der Waals surface area (Å²) in [5.74, 6) is 2.06. The van der Waals surface area contributed by atoms with Gasteiger partial charge in [0.15, 0.2) is 0 Å². The lowest BCUT2D eigenvalue weighted by Crippen LogP contribution is -2.22. The Labute approximate surface area is 109 Å². The van der Waals surface area contributed by atoms with Gasteiger partial charge in [-0.15, -0.1) is 0 Å². The van der Waals surface area contributed by atoms with Crippen molar-refractivity contribution in [1.82, 2.24) is 0 Å². The van der Waals surface area contributed by atoms with Gasteiger partial charge in [-0.1, -0.05) is 25.0 Å². The van der Waals surface area contributed by atoms with E-state index in [4.69, 9.17) is 4.74 Å². The van der Waals surface area contributed by atoms with E-state index in [1.807, 2.05) is 6.07 Å². The van der Waals surface area contributed by atoms with Crippen LogP contribution in [0.1, 0.15) is 50.0 Å². The largest absolute Gasteiger partial charge is 0.493 e. The molecule has 2 heteroatoms. The van der Waals surface area contributed by atoms with Crippen molar-refractivity contribution < 1.29 is 9.84 Å². The molecule has 2 fully saturated rings. The maximum Gasteiger partial charge on any atom is 0.119 e. The van der Waals surface area contributed by atoms with E-state index in [1.54, 1.807) is 0 Å². The minimum absolute atomic E-state index is 0.169. The van der Waals surface area contributed by atoms with Gasteiger partial charge in [0.25, 0.3) is 0 Å². The summed E-state index contributed by atoms with van der Waals surface area (Å²) in [6.07, 6.45) is 6.91.